The summed E-state index contributed by atoms with van der Waals surface area (Å²) in [6, 6.07) is 13.3. The molecule has 0 saturated carbocycles. The van der Waals surface area contributed by atoms with Crippen molar-refractivity contribution in [3.8, 4) is 16.9 Å². The van der Waals surface area contributed by atoms with E-state index in [0.29, 0.717) is 48.6 Å². The van der Waals surface area contributed by atoms with E-state index in [2.05, 4.69) is 4.72 Å². The van der Waals surface area contributed by atoms with Crippen LogP contribution < -0.4 is 14.5 Å². The topological polar surface area (TPSA) is 99.2 Å². The first-order chi connectivity index (χ1) is 18.9. The number of nitrogens with zero attached hydrogens (tertiary/aromatic N) is 2. The van der Waals surface area contributed by atoms with E-state index in [1.54, 1.807) is 12.1 Å². The molecule has 2 saturated heterocycles. The first-order valence-electron chi connectivity index (χ1n) is 12.7. The number of ether oxygens (including phenoxy) is 1. The van der Waals surface area contributed by atoms with Gasteiger partial charge in [-0.15, -0.1) is 0 Å². The summed E-state index contributed by atoms with van der Waals surface area (Å²) >= 11 is 0. The predicted octanol–water partition coefficient (Wildman–Crippen LogP) is 4.63. The molecule has 2 atom stereocenters. The van der Waals surface area contributed by atoms with Crippen molar-refractivity contribution in [2.75, 3.05) is 40.5 Å². The Morgan fingerprint density at radius 3 is 2.50 bits per heavy atom. The number of amides is 1. The SMILES string of the molecule is CS(=O)(=O)Nc1cc(N2CCc3cc(-c4ccc(C(F)(F)F)cc4N4C[C@@H]5C[C@H]4CO5)ccc3C2=O)ccc1O. The molecular weight excluding hydrogens is 547 g/mol. The lowest BCUT2D eigenvalue weighted by Gasteiger charge is -2.32. The monoisotopic (exact) mass is 573 g/mol. The molecule has 40 heavy (non-hydrogen) atoms. The maximum Gasteiger partial charge on any atom is 0.416 e. The number of fused-ring (bicyclic) bond motifs is 3. The summed E-state index contributed by atoms with van der Waals surface area (Å²) in [5, 5.41) is 10.1. The Morgan fingerprint density at radius 2 is 1.82 bits per heavy atom. The molecule has 0 radical (unpaired) electrons. The molecule has 0 aliphatic carbocycles. The van der Waals surface area contributed by atoms with Crippen LogP contribution in [0.25, 0.3) is 11.1 Å². The van der Waals surface area contributed by atoms with Gasteiger partial charge in [0.25, 0.3) is 5.91 Å². The van der Waals surface area contributed by atoms with Crippen molar-refractivity contribution in [3.63, 3.8) is 0 Å². The minimum Gasteiger partial charge on any atom is -0.506 e. The number of alkyl halides is 3. The second kappa shape index (κ2) is 9.41. The average Bonchev–Trinajstić information content (AvgIpc) is 3.53. The Kier molecular flexibility index (Phi) is 6.22. The number of carbonyl (C=O) groups is 1. The zero-order valence-corrected chi connectivity index (χ0v) is 22.2. The van der Waals surface area contributed by atoms with Crippen LogP contribution in [0.1, 0.15) is 27.9 Å². The molecule has 3 aromatic rings. The predicted molar refractivity (Wildman–Crippen MR) is 144 cm³/mol. The van der Waals surface area contributed by atoms with E-state index in [4.69, 9.17) is 4.74 Å². The number of aromatic hydroxyl groups is 1. The number of phenols is 1. The molecule has 2 bridgehead atoms. The van der Waals surface area contributed by atoms with Crippen LogP contribution >= 0.6 is 0 Å². The quantitative estimate of drug-likeness (QED) is 0.432. The van der Waals surface area contributed by atoms with Crippen LogP contribution in [0.15, 0.2) is 54.6 Å². The van der Waals surface area contributed by atoms with E-state index in [-0.39, 0.29) is 29.5 Å². The van der Waals surface area contributed by atoms with Crippen molar-refractivity contribution in [1.29, 1.82) is 0 Å². The normalized spacial score (nSPS) is 20.6. The third-order valence-electron chi connectivity index (χ3n) is 7.62. The van der Waals surface area contributed by atoms with Crippen molar-refractivity contribution < 1.29 is 36.2 Å². The summed E-state index contributed by atoms with van der Waals surface area (Å²) in [6.07, 6.45) is -2.25. The number of morpholine rings is 1. The highest BCUT2D eigenvalue weighted by Gasteiger charge is 2.41. The molecule has 2 fully saturated rings. The van der Waals surface area contributed by atoms with Gasteiger partial charge < -0.3 is 19.6 Å². The number of halogens is 3. The molecular formula is C28H26F3N3O5S. The van der Waals surface area contributed by atoms with Crippen molar-refractivity contribution in [3.05, 3.63) is 71.3 Å². The second-order valence-corrected chi connectivity index (χ2v) is 12.1. The molecule has 3 aliphatic rings. The van der Waals surface area contributed by atoms with Crippen LogP contribution in [-0.4, -0.2) is 57.5 Å². The van der Waals surface area contributed by atoms with Crippen LogP contribution in [0.3, 0.4) is 0 Å². The fraction of sp³-hybridized carbons (Fsp3) is 0.321. The van der Waals surface area contributed by atoms with E-state index in [1.807, 2.05) is 11.0 Å². The Bertz CT molecular complexity index is 1630. The van der Waals surface area contributed by atoms with Crippen LogP contribution in [0.5, 0.6) is 5.75 Å². The molecule has 0 unspecified atom stereocenters. The number of hydrogen-bond acceptors (Lipinski definition) is 6. The van der Waals surface area contributed by atoms with Crippen LogP contribution in [-0.2, 0) is 27.4 Å². The van der Waals surface area contributed by atoms with Gasteiger partial charge >= 0.3 is 6.18 Å². The van der Waals surface area contributed by atoms with Crippen molar-refractivity contribution in [1.82, 2.24) is 0 Å². The van der Waals surface area contributed by atoms with Gasteiger partial charge in [0.05, 0.1) is 36.3 Å². The van der Waals surface area contributed by atoms with Gasteiger partial charge in [-0.3, -0.25) is 9.52 Å². The molecule has 0 spiro atoms. The third-order valence-corrected chi connectivity index (χ3v) is 8.21. The van der Waals surface area contributed by atoms with E-state index >= 15 is 0 Å². The molecule has 1 amide bonds. The Balaban J connectivity index is 1.33. The van der Waals surface area contributed by atoms with Crippen LogP contribution in [0.2, 0.25) is 0 Å². The fourth-order valence-corrected chi connectivity index (χ4v) is 6.32. The van der Waals surface area contributed by atoms with Crippen LogP contribution in [0.4, 0.5) is 30.2 Å². The number of hydrogen-bond donors (Lipinski definition) is 2. The third kappa shape index (κ3) is 4.86. The van der Waals surface area contributed by atoms with Crippen molar-refractivity contribution in [2.24, 2.45) is 0 Å². The molecule has 210 valence electrons. The van der Waals surface area contributed by atoms with E-state index in [1.165, 1.54) is 35.2 Å². The summed E-state index contributed by atoms with van der Waals surface area (Å²) in [5.41, 5.74) is 2.77. The number of carbonyl (C=O) groups excluding carboxylic acids is 1. The van der Waals surface area contributed by atoms with Gasteiger partial charge in [-0.25, -0.2) is 8.42 Å². The number of rotatable bonds is 5. The minimum atomic E-state index is -4.47. The Labute approximate surface area is 229 Å². The highest BCUT2D eigenvalue weighted by atomic mass is 32.2. The fourth-order valence-electron chi connectivity index (χ4n) is 5.76. The lowest BCUT2D eigenvalue weighted by molar-refractivity contribution is -0.137. The summed E-state index contributed by atoms with van der Waals surface area (Å²) in [6.45, 7) is 1.30. The summed E-state index contributed by atoms with van der Waals surface area (Å²) in [5.74, 6) is -0.570. The Hall–Kier alpha value is -3.77. The standard InChI is InChI=1S/C28H26F3N3O5S/c1-40(37,38)32-24-13-19(4-7-26(24)35)33-9-8-17-10-16(2-5-23(17)27(33)36)22-6-3-18(28(29,30)31)11-25(22)34-14-21-12-20(34)15-39-21/h2-7,10-11,13,20-21,32,35H,8-9,12,14-15H2,1H3/t20-,21-/m0/s1. The highest BCUT2D eigenvalue weighted by Crippen LogP contribution is 2.43. The van der Waals surface area contributed by atoms with Crippen molar-refractivity contribution >= 4 is 33.0 Å². The van der Waals surface area contributed by atoms with Crippen LogP contribution in [0, 0.1) is 0 Å². The lowest BCUT2D eigenvalue weighted by Crippen LogP contribution is -2.38. The largest absolute Gasteiger partial charge is 0.506 e. The zero-order valence-electron chi connectivity index (χ0n) is 21.4. The molecule has 12 heteroatoms. The summed E-state index contributed by atoms with van der Waals surface area (Å²) < 4.78 is 72.1. The Morgan fingerprint density at radius 1 is 1.05 bits per heavy atom. The van der Waals surface area contributed by atoms with Gasteiger partial charge in [0.1, 0.15) is 5.75 Å². The first-order valence-corrected chi connectivity index (χ1v) is 14.6. The van der Waals surface area contributed by atoms with E-state index < -0.39 is 21.8 Å². The first kappa shape index (κ1) is 26.5. The van der Waals surface area contributed by atoms with E-state index in [0.717, 1.165) is 29.9 Å². The number of benzene rings is 3. The molecule has 6 rings (SSSR count). The van der Waals surface area contributed by atoms with Gasteiger partial charge in [-0.1, -0.05) is 18.2 Å². The van der Waals surface area contributed by atoms with Gasteiger partial charge in [0, 0.05) is 35.6 Å². The lowest BCUT2D eigenvalue weighted by atomic mass is 9.92. The summed E-state index contributed by atoms with van der Waals surface area (Å²) in [7, 11) is -3.65. The molecule has 3 aliphatic heterocycles. The van der Waals surface area contributed by atoms with Gasteiger partial charge in [0.2, 0.25) is 10.0 Å². The second-order valence-electron chi connectivity index (χ2n) is 10.4. The number of nitrogens with one attached hydrogen (secondary N) is 1. The number of phenolic OH excluding ortho intramolecular Hbond substituents is 1. The van der Waals surface area contributed by atoms with Gasteiger partial charge in [-0.2, -0.15) is 13.2 Å². The molecule has 3 heterocycles. The molecule has 8 nitrogen and oxygen atoms in total. The number of sulfonamides is 1. The van der Waals surface area contributed by atoms with E-state index in [9.17, 15) is 31.5 Å². The molecule has 0 aromatic heterocycles. The average molecular weight is 574 g/mol. The minimum absolute atomic E-state index is 0.00702. The summed E-state index contributed by atoms with van der Waals surface area (Å²) in [4.78, 5) is 16.9. The highest BCUT2D eigenvalue weighted by molar-refractivity contribution is 7.92. The zero-order chi connectivity index (χ0) is 28.4. The smallest absolute Gasteiger partial charge is 0.416 e. The number of anilines is 3. The molecule has 3 aromatic carbocycles. The maximum absolute atomic E-state index is 13.6. The molecule has 2 N–H and O–H groups in total. The van der Waals surface area contributed by atoms with Crippen molar-refractivity contribution in [2.45, 2.75) is 31.2 Å². The van der Waals surface area contributed by atoms with Gasteiger partial charge in [0.15, 0.2) is 0 Å². The van der Waals surface area contributed by atoms with Gasteiger partial charge in [-0.05, 0) is 60.4 Å². The maximum atomic E-state index is 13.6.